The van der Waals surface area contributed by atoms with Gasteiger partial charge in [-0.25, -0.2) is 0 Å². The Morgan fingerprint density at radius 3 is 2.13 bits per heavy atom. The van der Waals surface area contributed by atoms with E-state index < -0.39 is 0 Å². The van der Waals surface area contributed by atoms with Gasteiger partial charge in [0, 0.05) is 33.0 Å². The van der Waals surface area contributed by atoms with Crippen LogP contribution in [-0.4, -0.2) is 48.2 Å². The Hall–Kier alpha value is -2.70. The first-order chi connectivity index (χ1) is 11.0. The summed E-state index contributed by atoms with van der Waals surface area (Å²) in [6.07, 6.45) is 0.684. The smallest absolute Gasteiger partial charge is 0.261 e. The van der Waals surface area contributed by atoms with E-state index in [4.69, 9.17) is 0 Å². The van der Waals surface area contributed by atoms with Crippen LogP contribution in [0.4, 0.5) is 0 Å². The van der Waals surface area contributed by atoms with Crippen molar-refractivity contribution in [3.63, 3.8) is 0 Å². The molecule has 0 saturated heterocycles. The van der Waals surface area contributed by atoms with E-state index >= 15 is 0 Å². The van der Waals surface area contributed by atoms with Crippen molar-refractivity contribution in [2.75, 3.05) is 19.6 Å². The summed E-state index contributed by atoms with van der Waals surface area (Å²) in [5, 5.41) is 5.32. The first kappa shape index (κ1) is 16.7. The lowest BCUT2D eigenvalue weighted by Crippen LogP contribution is -2.35. The molecule has 0 radical (unpaired) electrons. The van der Waals surface area contributed by atoms with Crippen LogP contribution in [0.5, 0.6) is 0 Å². The quantitative estimate of drug-likeness (QED) is 0.559. The van der Waals surface area contributed by atoms with Crippen LogP contribution in [0.1, 0.15) is 40.5 Å². The average Bonchev–Trinajstić information content (AvgIpc) is 2.77. The first-order valence-corrected chi connectivity index (χ1v) is 7.47. The van der Waals surface area contributed by atoms with Gasteiger partial charge in [0.2, 0.25) is 11.8 Å². The molecule has 1 aromatic rings. The number of carbonyl (C=O) groups is 4. The van der Waals surface area contributed by atoms with Crippen LogP contribution in [0.2, 0.25) is 0 Å². The van der Waals surface area contributed by atoms with Crippen LogP contribution >= 0.6 is 0 Å². The van der Waals surface area contributed by atoms with Gasteiger partial charge in [-0.1, -0.05) is 12.1 Å². The second-order valence-electron chi connectivity index (χ2n) is 5.24. The minimum Gasteiger partial charge on any atom is -0.356 e. The number of benzene rings is 1. The number of amides is 4. The largest absolute Gasteiger partial charge is 0.356 e. The molecule has 4 amide bonds. The highest BCUT2D eigenvalue weighted by Crippen LogP contribution is 2.22. The number of nitrogens with one attached hydrogen (secondary N) is 2. The van der Waals surface area contributed by atoms with Crippen molar-refractivity contribution in [2.24, 2.45) is 0 Å². The minimum absolute atomic E-state index is 0.0594. The average molecular weight is 317 g/mol. The lowest BCUT2D eigenvalue weighted by atomic mass is 10.1. The predicted octanol–water partition coefficient (Wildman–Crippen LogP) is 0.315. The molecule has 0 fully saturated rings. The summed E-state index contributed by atoms with van der Waals surface area (Å²) in [4.78, 5) is 47.7. The molecule has 0 aliphatic carbocycles. The molecule has 2 N–H and O–H groups in total. The highest BCUT2D eigenvalue weighted by atomic mass is 16.2. The molecular formula is C16H19N3O4. The molecule has 0 atom stereocenters. The summed E-state index contributed by atoms with van der Waals surface area (Å²) in [5.74, 6) is -1.06. The lowest BCUT2D eigenvalue weighted by molar-refractivity contribution is -0.121. The van der Waals surface area contributed by atoms with Gasteiger partial charge in [0.15, 0.2) is 0 Å². The Labute approximate surface area is 134 Å². The molecule has 122 valence electrons. The van der Waals surface area contributed by atoms with E-state index in [1.54, 1.807) is 24.3 Å². The van der Waals surface area contributed by atoms with Crippen molar-refractivity contribution < 1.29 is 19.2 Å². The Bertz CT molecular complexity index is 607. The number of carbonyl (C=O) groups excluding carboxylic acids is 4. The fraction of sp³-hybridized carbons (Fsp3) is 0.375. The van der Waals surface area contributed by atoms with Crippen LogP contribution in [0.15, 0.2) is 24.3 Å². The molecule has 0 aromatic heterocycles. The Morgan fingerprint density at radius 1 is 1.00 bits per heavy atom. The van der Waals surface area contributed by atoms with Crippen LogP contribution in [0.3, 0.4) is 0 Å². The van der Waals surface area contributed by atoms with E-state index in [1.807, 2.05) is 0 Å². The van der Waals surface area contributed by atoms with Gasteiger partial charge in [-0.3, -0.25) is 24.1 Å². The summed E-state index contributed by atoms with van der Waals surface area (Å²) >= 11 is 0. The van der Waals surface area contributed by atoms with Crippen LogP contribution in [0.25, 0.3) is 0 Å². The highest BCUT2D eigenvalue weighted by molar-refractivity contribution is 6.21. The van der Waals surface area contributed by atoms with Crippen molar-refractivity contribution in [3.05, 3.63) is 35.4 Å². The van der Waals surface area contributed by atoms with Gasteiger partial charge in [0.05, 0.1) is 11.1 Å². The number of hydrogen-bond acceptors (Lipinski definition) is 4. The zero-order valence-electron chi connectivity index (χ0n) is 12.9. The van der Waals surface area contributed by atoms with Crippen LogP contribution in [0, 0.1) is 0 Å². The summed E-state index contributed by atoms with van der Waals surface area (Å²) < 4.78 is 0. The molecule has 1 aliphatic heterocycles. The zero-order valence-corrected chi connectivity index (χ0v) is 12.9. The fourth-order valence-corrected chi connectivity index (χ4v) is 2.32. The first-order valence-electron chi connectivity index (χ1n) is 7.47. The van der Waals surface area contributed by atoms with Crippen molar-refractivity contribution in [1.29, 1.82) is 0 Å². The van der Waals surface area contributed by atoms with Crippen molar-refractivity contribution in [3.8, 4) is 0 Å². The molecule has 7 heteroatoms. The molecule has 23 heavy (non-hydrogen) atoms. The number of rotatable bonds is 7. The standard InChI is InChI=1S/C16H19N3O4/c1-11(20)17-8-4-9-18-14(21)7-10-19-15(22)12-5-2-3-6-13(12)16(19)23/h2-3,5-6H,4,7-10H2,1H3,(H,17,20)(H,18,21). The Balaban J connectivity index is 1.74. The van der Waals surface area contributed by atoms with Gasteiger partial charge in [-0.05, 0) is 18.6 Å². The van der Waals surface area contributed by atoms with Crippen molar-refractivity contribution in [1.82, 2.24) is 15.5 Å². The molecule has 0 bridgehead atoms. The van der Waals surface area contributed by atoms with Gasteiger partial charge in [-0.2, -0.15) is 0 Å². The van der Waals surface area contributed by atoms with E-state index in [9.17, 15) is 19.2 Å². The van der Waals surface area contributed by atoms with Crippen LogP contribution < -0.4 is 10.6 Å². The van der Waals surface area contributed by atoms with Gasteiger partial charge >= 0.3 is 0 Å². The number of fused-ring (bicyclic) bond motifs is 1. The third-order valence-corrected chi connectivity index (χ3v) is 3.49. The molecular weight excluding hydrogens is 298 g/mol. The number of nitrogens with zero attached hydrogens (tertiary/aromatic N) is 1. The second-order valence-corrected chi connectivity index (χ2v) is 5.24. The summed E-state index contributed by atoms with van der Waals surface area (Å²) in [5.41, 5.74) is 0.765. The Kier molecular flexibility index (Phi) is 5.46. The summed E-state index contributed by atoms with van der Waals surface area (Å²) in [6.45, 7) is 2.42. The minimum atomic E-state index is -0.357. The van der Waals surface area contributed by atoms with Gasteiger partial charge in [0.1, 0.15) is 0 Å². The van der Waals surface area contributed by atoms with E-state index in [0.29, 0.717) is 30.6 Å². The van der Waals surface area contributed by atoms with E-state index in [0.717, 1.165) is 4.90 Å². The topological polar surface area (TPSA) is 95.6 Å². The maximum Gasteiger partial charge on any atom is 0.261 e. The summed E-state index contributed by atoms with van der Waals surface area (Å²) in [7, 11) is 0. The molecule has 1 heterocycles. The lowest BCUT2D eigenvalue weighted by Gasteiger charge is -2.13. The number of hydrogen-bond donors (Lipinski definition) is 2. The Morgan fingerprint density at radius 2 is 1.57 bits per heavy atom. The summed E-state index contributed by atoms with van der Waals surface area (Å²) in [6, 6.07) is 6.62. The fourth-order valence-electron chi connectivity index (χ4n) is 2.32. The van der Waals surface area contributed by atoms with E-state index in [2.05, 4.69) is 10.6 Å². The van der Waals surface area contributed by atoms with Gasteiger partial charge in [-0.15, -0.1) is 0 Å². The maximum absolute atomic E-state index is 12.1. The normalized spacial score (nSPS) is 13.0. The predicted molar refractivity (Wildman–Crippen MR) is 82.7 cm³/mol. The van der Waals surface area contributed by atoms with Crippen molar-refractivity contribution in [2.45, 2.75) is 19.8 Å². The molecule has 2 rings (SSSR count). The molecule has 1 aromatic carbocycles. The molecule has 0 saturated carbocycles. The molecule has 0 unspecified atom stereocenters. The molecule has 7 nitrogen and oxygen atoms in total. The molecule has 0 spiro atoms. The molecule has 1 aliphatic rings. The second kappa shape index (κ2) is 7.53. The van der Waals surface area contributed by atoms with E-state index in [1.165, 1.54) is 6.92 Å². The maximum atomic E-state index is 12.1. The van der Waals surface area contributed by atoms with Crippen molar-refractivity contribution >= 4 is 23.6 Å². The zero-order chi connectivity index (χ0) is 16.8. The van der Waals surface area contributed by atoms with Gasteiger partial charge < -0.3 is 10.6 Å². The van der Waals surface area contributed by atoms with Crippen LogP contribution in [-0.2, 0) is 9.59 Å². The monoisotopic (exact) mass is 317 g/mol. The third kappa shape index (κ3) is 4.15. The number of imide groups is 1. The van der Waals surface area contributed by atoms with Gasteiger partial charge in [0.25, 0.3) is 11.8 Å². The van der Waals surface area contributed by atoms with E-state index in [-0.39, 0.29) is 36.6 Å². The highest BCUT2D eigenvalue weighted by Gasteiger charge is 2.34. The third-order valence-electron chi connectivity index (χ3n) is 3.49. The SMILES string of the molecule is CC(=O)NCCCNC(=O)CCN1C(=O)c2ccccc2C1=O.